The van der Waals surface area contributed by atoms with Gasteiger partial charge in [0.05, 0.1) is 11.1 Å². The molecule has 0 nitrogen and oxygen atoms in total. The molecular weight excluding hydrogens is 417 g/mol. The average molecular weight is 420 g/mol. The number of rotatable bonds is 2. The van der Waals surface area contributed by atoms with Crippen molar-refractivity contribution >= 4 is 13.3 Å². The third-order valence-electron chi connectivity index (χ3n) is 4.04. The molecule has 0 spiro atoms. The highest BCUT2D eigenvalue weighted by Gasteiger charge is 2.32. The van der Waals surface area contributed by atoms with Crippen LogP contribution in [-0.2, 0) is 0 Å². The second-order valence-electron chi connectivity index (χ2n) is 5.66. The molecule has 3 aromatic carbocycles. The molecule has 0 atom stereocenters. The van der Waals surface area contributed by atoms with E-state index in [2.05, 4.69) is 0 Å². The molecule has 0 aliphatic carbocycles. The molecule has 0 bridgehead atoms. The summed E-state index contributed by atoms with van der Waals surface area (Å²) in [6.07, 6.45) is 0. The van der Waals surface area contributed by atoms with Crippen molar-refractivity contribution in [1.82, 2.24) is 0 Å². The quantitative estimate of drug-likeness (QED) is 0.231. The van der Waals surface area contributed by atoms with Crippen molar-refractivity contribution in [3.63, 3.8) is 0 Å². The van der Waals surface area contributed by atoms with E-state index in [0.29, 0.717) is 6.07 Å². The Morgan fingerprint density at radius 2 is 0.759 bits per heavy atom. The van der Waals surface area contributed by atoms with Crippen LogP contribution in [-0.4, -0.2) is 7.85 Å². The molecule has 0 fully saturated rings. The molecule has 3 rings (SSSR count). The Labute approximate surface area is 156 Å². The molecule has 148 valence electrons. The predicted octanol–water partition coefficient (Wildman–Crippen LogP) is 5.21. The topological polar surface area (TPSA) is 0 Å². The molecule has 0 N–H and O–H groups in total. The summed E-state index contributed by atoms with van der Waals surface area (Å²) in [6, 6.07) is 2.42. The van der Waals surface area contributed by atoms with Crippen molar-refractivity contribution in [1.29, 1.82) is 0 Å². The summed E-state index contributed by atoms with van der Waals surface area (Å²) in [7, 11) is 5.49. The maximum absolute atomic E-state index is 14.2. The molecule has 2 radical (unpaired) electrons. The summed E-state index contributed by atoms with van der Waals surface area (Å²) in [4.78, 5) is 0. The normalized spacial score (nSPS) is 11.2. The highest BCUT2D eigenvalue weighted by molar-refractivity contribution is 6.37. The Morgan fingerprint density at radius 3 is 1.17 bits per heavy atom. The number of hydrogen-bond donors (Lipinski definition) is 0. The van der Waals surface area contributed by atoms with E-state index in [9.17, 15) is 43.9 Å². The van der Waals surface area contributed by atoms with E-state index in [1.54, 1.807) is 0 Å². The van der Waals surface area contributed by atoms with Crippen LogP contribution in [0.3, 0.4) is 0 Å². The lowest BCUT2D eigenvalue weighted by Crippen LogP contribution is -2.14. The summed E-state index contributed by atoms with van der Waals surface area (Å²) < 4.78 is 138. The first-order valence-corrected chi connectivity index (χ1v) is 7.42. The zero-order valence-electron chi connectivity index (χ0n) is 13.6. The Bertz CT molecular complexity index is 1110. The van der Waals surface area contributed by atoms with Crippen molar-refractivity contribution in [2.24, 2.45) is 0 Å². The fourth-order valence-electron chi connectivity index (χ4n) is 2.72. The monoisotopic (exact) mass is 420 g/mol. The van der Waals surface area contributed by atoms with Gasteiger partial charge < -0.3 is 0 Å². The summed E-state index contributed by atoms with van der Waals surface area (Å²) >= 11 is 0. The summed E-state index contributed by atoms with van der Waals surface area (Å²) in [5, 5.41) is 0. The third kappa shape index (κ3) is 2.95. The Morgan fingerprint density at radius 1 is 0.414 bits per heavy atom. The third-order valence-corrected chi connectivity index (χ3v) is 4.04. The lowest BCUT2D eigenvalue weighted by atomic mass is 9.81. The van der Waals surface area contributed by atoms with Crippen molar-refractivity contribution < 1.29 is 43.9 Å². The molecule has 0 heterocycles. The van der Waals surface area contributed by atoms with Gasteiger partial charge in [-0.15, -0.1) is 0 Å². The average Bonchev–Trinajstić information content (AvgIpc) is 2.69. The minimum Gasteiger partial charge on any atom is -0.203 e. The lowest BCUT2D eigenvalue weighted by molar-refractivity contribution is 0.380. The second-order valence-corrected chi connectivity index (χ2v) is 5.66. The van der Waals surface area contributed by atoms with Crippen LogP contribution in [0.1, 0.15) is 0 Å². The highest BCUT2D eigenvalue weighted by atomic mass is 19.2. The van der Waals surface area contributed by atoms with Gasteiger partial charge in [0, 0.05) is 0 Å². The van der Waals surface area contributed by atoms with E-state index in [-0.39, 0.29) is 0 Å². The Kier molecular flexibility index (Phi) is 5.10. The first-order valence-electron chi connectivity index (χ1n) is 7.42. The van der Waals surface area contributed by atoms with E-state index >= 15 is 0 Å². The fraction of sp³-hybridized carbons (Fsp3) is 0. The van der Waals surface area contributed by atoms with Gasteiger partial charge in [0.1, 0.15) is 7.85 Å². The van der Waals surface area contributed by atoms with Gasteiger partial charge in [0.25, 0.3) is 0 Å². The van der Waals surface area contributed by atoms with E-state index < -0.39 is 85.9 Å². The number of benzene rings is 3. The summed E-state index contributed by atoms with van der Waals surface area (Å²) in [6.45, 7) is 0. The predicted molar refractivity (Wildman–Crippen MR) is 82.3 cm³/mol. The Balaban J connectivity index is 2.52. The molecule has 0 saturated heterocycles. The molecule has 0 aliphatic heterocycles. The highest BCUT2D eigenvalue weighted by Crippen LogP contribution is 2.39. The first-order chi connectivity index (χ1) is 13.5. The smallest absolute Gasteiger partial charge is 0.200 e. The van der Waals surface area contributed by atoms with Crippen LogP contribution in [0.15, 0.2) is 18.2 Å². The molecule has 0 aromatic heterocycles. The molecule has 0 saturated carbocycles. The van der Waals surface area contributed by atoms with E-state index in [1.165, 1.54) is 0 Å². The first kappa shape index (κ1) is 20.8. The largest absolute Gasteiger partial charge is 0.203 e. The molecule has 3 aromatic rings. The summed E-state index contributed by atoms with van der Waals surface area (Å²) in [5.74, 6) is -24.2. The molecule has 0 aliphatic rings. The molecule has 0 amide bonds. The van der Waals surface area contributed by atoms with Crippen LogP contribution >= 0.6 is 0 Å². The van der Waals surface area contributed by atoms with Crippen molar-refractivity contribution in [3.05, 3.63) is 76.4 Å². The maximum Gasteiger partial charge on any atom is 0.200 e. The number of hydrogen-bond acceptors (Lipinski definition) is 0. The van der Waals surface area contributed by atoms with E-state index in [0.717, 1.165) is 12.1 Å². The van der Waals surface area contributed by atoms with E-state index in [1.807, 2.05) is 0 Å². The second kappa shape index (κ2) is 7.13. The van der Waals surface area contributed by atoms with Gasteiger partial charge in [-0.3, -0.25) is 0 Å². The van der Waals surface area contributed by atoms with Crippen molar-refractivity contribution in [3.8, 4) is 22.3 Å². The summed E-state index contributed by atoms with van der Waals surface area (Å²) in [5.41, 5.74) is -6.34. The molecule has 11 heteroatoms. The van der Waals surface area contributed by atoms with Crippen LogP contribution in [0.4, 0.5) is 43.9 Å². The van der Waals surface area contributed by atoms with Crippen molar-refractivity contribution in [2.45, 2.75) is 0 Å². The van der Waals surface area contributed by atoms with Gasteiger partial charge in [-0.05, 0) is 11.1 Å². The van der Waals surface area contributed by atoms with Gasteiger partial charge in [-0.25, -0.2) is 43.9 Å². The van der Waals surface area contributed by atoms with Gasteiger partial charge >= 0.3 is 0 Å². The molecule has 0 unspecified atom stereocenters. The van der Waals surface area contributed by atoms with Gasteiger partial charge in [0.15, 0.2) is 46.5 Å². The minimum atomic E-state index is -2.52. The van der Waals surface area contributed by atoms with Crippen molar-refractivity contribution in [2.75, 3.05) is 0 Å². The van der Waals surface area contributed by atoms with Crippen LogP contribution < -0.4 is 5.46 Å². The van der Waals surface area contributed by atoms with Crippen LogP contribution in [0.5, 0.6) is 0 Å². The molecular formula is C18H3BF10. The van der Waals surface area contributed by atoms with Gasteiger partial charge in [-0.1, -0.05) is 23.7 Å². The Hall–Kier alpha value is -2.98. The number of halogens is 10. The minimum absolute atomic E-state index is 0.641. The zero-order valence-corrected chi connectivity index (χ0v) is 13.6. The maximum atomic E-state index is 14.2. The molecule has 29 heavy (non-hydrogen) atoms. The van der Waals surface area contributed by atoms with E-state index in [4.69, 9.17) is 7.85 Å². The van der Waals surface area contributed by atoms with Crippen LogP contribution in [0.25, 0.3) is 22.3 Å². The fourth-order valence-corrected chi connectivity index (χ4v) is 2.72. The SMILES string of the molecule is [B]c1cccc(-c2c(F)c(F)c(F)c(F)c2F)c1-c1c(F)c(F)c(F)c(F)c1F. The van der Waals surface area contributed by atoms with Crippen LogP contribution in [0.2, 0.25) is 0 Å². The lowest BCUT2D eigenvalue weighted by Gasteiger charge is -2.17. The standard InChI is InChI=1S/C18H3BF10/c19-5-3-1-2-4(7-9(20)13(24)17(28)14(25)10(7)21)6(5)8-11(22)15(26)18(29)16(27)12(8)23/h1-3H. The van der Waals surface area contributed by atoms with Gasteiger partial charge in [-0.2, -0.15) is 0 Å². The van der Waals surface area contributed by atoms with Gasteiger partial charge in [0.2, 0.25) is 11.6 Å². The van der Waals surface area contributed by atoms with Crippen LogP contribution in [0, 0.1) is 58.2 Å². The zero-order chi connectivity index (χ0) is 21.8.